The molecule has 2 aromatic rings. The minimum Gasteiger partial charge on any atom is -0.496 e. The molecule has 5 heteroatoms. The fraction of sp³-hybridized carbons (Fsp3) is 0.214. The van der Waals surface area contributed by atoms with Crippen molar-refractivity contribution in [2.75, 3.05) is 12.4 Å². The zero-order valence-electron chi connectivity index (χ0n) is 10.6. The van der Waals surface area contributed by atoms with Crippen molar-refractivity contribution in [2.24, 2.45) is 0 Å². The maximum absolute atomic E-state index is 9.26. The fourth-order valence-corrected chi connectivity index (χ4v) is 2.20. The minimum atomic E-state index is -0.0134. The van der Waals surface area contributed by atoms with Crippen LogP contribution in [0.15, 0.2) is 41.1 Å². The zero-order valence-corrected chi connectivity index (χ0v) is 12.1. The predicted octanol–water partition coefficient (Wildman–Crippen LogP) is 2.96. The first-order valence-electron chi connectivity index (χ1n) is 5.84. The van der Waals surface area contributed by atoms with Crippen LogP contribution in [0.25, 0.3) is 0 Å². The molecule has 0 bridgehead atoms. The van der Waals surface area contributed by atoms with E-state index in [1.807, 2.05) is 18.2 Å². The molecule has 0 radical (unpaired) electrons. The Morgan fingerprint density at radius 2 is 2.16 bits per heavy atom. The number of aromatic nitrogens is 1. The molecule has 4 nitrogen and oxygen atoms in total. The van der Waals surface area contributed by atoms with Crippen molar-refractivity contribution in [1.82, 2.24) is 4.98 Å². The highest BCUT2D eigenvalue weighted by Gasteiger charge is 2.05. The number of hydrogen-bond donors (Lipinski definition) is 2. The van der Waals surface area contributed by atoms with Crippen LogP contribution in [0.3, 0.4) is 0 Å². The molecule has 0 spiro atoms. The number of aliphatic hydroxyl groups excluding tert-OH is 1. The Kier molecular flexibility index (Phi) is 4.76. The summed E-state index contributed by atoms with van der Waals surface area (Å²) in [5, 5.41) is 12.5. The summed E-state index contributed by atoms with van der Waals surface area (Å²) in [5.74, 6) is 0.824. The number of benzene rings is 1. The van der Waals surface area contributed by atoms with E-state index >= 15 is 0 Å². The van der Waals surface area contributed by atoms with Crippen LogP contribution >= 0.6 is 15.9 Å². The molecule has 0 unspecified atom stereocenters. The molecule has 2 N–H and O–H groups in total. The van der Waals surface area contributed by atoms with E-state index in [-0.39, 0.29) is 6.61 Å². The van der Waals surface area contributed by atoms with Gasteiger partial charge in [0.2, 0.25) is 0 Å². The van der Waals surface area contributed by atoms with Crippen molar-refractivity contribution >= 4 is 21.6 Å². The van der Waals surface area contributed by atoms with Gasteiger partial charge in [-0.2, -0.15) is 0 Å². The molecule has 0 aliphatic carbocycles. The number of ether oxygens (including phenoxy) is 1. The van der Waals surface area contributed by atoms with Gasteiger partial charge in [-0.05, 0) is 24.3 Å². The highest BCUT2D eigenvalue weighted by molar-refractivity contribution is 9.10. The lowest BCUT2D eigenvalue weighted by Crippen LogP contribution is -2.04. The molecule has 0 fully saturated rings. The second-order valence-corrected chi connectivity index (χ2v) is 4.92. The Morgan fingerprint density at radius 1 is 1.32 bits per heavy atom. The summed E-state index contributed by atoms with van der Waals surface area (Å²) in [6.07, 6.45) is 3.37. The smallest absolute Gasteiger partial charge is 0.123 e. The summed E-state index contributed by atoms with van der Waals surface area (Å²) in [7, 11) is 1.65. The molecule has 1 aromatic heterocycles. The summed E-state index contributed by atoms with van der Waals surface area (Å²) in [5.41, 5.74) is 2.68. The molecule has 0 amide bonds. The molecule has 0 saturated heterocycles. The summed E-state index contributed by atoms with van der Waals surface area (Å²) in [6, 6.07) is 7.64. The highest BCUT2D eigenvalue weighted by atomic mass is 79.9. The molecule has 0 atom stereocenters. The van der Waals surface area contributed by atoms with Crippen LogP contribution in [0.4, 0.5) is 5.69 Å². The van der Waals surface area contributed by atoms with Crippen molar-refractivity contribution in [3.8, 4) is 5.75 Å². The van der Waals surface area contributed by atoms with Gasteiger partial charge >= 0.3 is 0 Å². The van der Waals surface area contributed by atoms with Gasteiger partial charge in [0.15, 0.2) is 0 Å². The molecule has 0 aliphatic heterocycles. The van der Waals surface area contributed by atoms with Crippen LogP contribution in [0.2, 0.25) is 0 Å². The molecule has 1 aromatic carbocycles. The first-order chi connectivity index (χ1) is 9.24. The molecular weight excluding hydrogens is 308 g/mol. The van der Waals surface area contributed by atoms with E-state index in [4.69, 9.17) is 4.74 Å². The average molecular weight is 323 g/mol. The third-order valence-corrected chi connectivity index (χ3v) is 3.29. The molecule has 19 heavy (non-hydrogen) atoms. The van der Waals surface area contributed by atoms with E-state index < -0.39 is 0 Å². The fourth-order valence-electron chi connectivity index (χ4n) is 1.80. The number of hydrogen-bond acceptors (Lipinski definition) is 4. The van der Waals surface area contributed by atoms with Crippen LogP contribution in [-0.4, -0.2) is 17.2 Å². The summed E-state index contributed by atoms with van der Waals surface area (Å²) >= 11 is 3.44. The molecular formula is C14H15BrN2O2. The van der Waals surface area contributed by atoms with Crippen molar-refractivity contribution in [3.05, 3.63) is 52.3 Å². The lowest BCUT2D eigenvalue weighted by Gasteiger charge is -2.12. The zero-order chi connectivity index (χ0) is 13.7. The number of methoxy groups -OCH3 is 1. The molecule has 100 valence electrons. The maximum Gasteiger partial charge on any atom is 0.123 e. The molecule has 0 saturated carbocycles. The summed E-state index contributed by atoms with van der Waals surface area (Å²) in [4.78, 5) is 4.05. The van der Waals surface area contributed by atoms with E-state index in [0.717, 1.165) is 27.0 Å². The monoisotopic (exact) mass is 322 g/mol. The van der Waals surface area contributed by atoms with Gasteiger partial charge in [0.25, 0.3) is 0 Å². The number of rotatable bonds is 5. The van der Waals surface area contributed by atoms with Gasteiger partial charge in [-0.1, -0.05) is 15.9 Å². The van der Waals surface area contributed by atoms with Crippen LogP contribution < -0.4 is 10.1 Å². The lowest BCUT2D eigenvalue weighted by molar-refractivity contribution is 0.282. The van der Waals surface area contributed by atoms with Crippen molar-refractivity contribution < 1.29 is 9.84 Å². The largest absolute Gasteiger partial charge is 0.496 e. The van der Waals surface area contributed by atoms with E-state index in [1.165, 1.54) is 0 Å². The highest BCUT2D eigenvalue weighted by Crippen LogP contribution is 2.24. The van der Waals surface area contributed by atoms with Crippen molar-refractivity contribution in [2.45, 2.75) is 13.2 Å². The van der Waals surface area contributed by atoms with Crippen molar-refractivity contribution in [3.63, 3.8) is 0 Å². The maximum atomic E-state index is 9.26. The Balaban J connectivity index is 2.16. The van der Waals surface area contributed by atoms with Gasteiger partial charge < -0.3 is 15.2 Å². The Hall–Kier alpha value is -1.59. The second-order valence-electron chi connectivity index (χ2n) is 4.00. The van der Waals surface area contributed by atoms with E-state index in [0.29, 0.717) is 6.54 Å². The van der Waals surface area contributed by atoms with Crippen LogP contribution in [-0.2, 0) is 13.2 Å². The topological polar surface area (TPSA) is 54.4 Å². The van der Waals surface area contributed by atoms with Gasteiger partial charge in [0, 0.05) is 28.3 Å². The quantitative estimate of drug-likeness (QED) is 0.888. The van der Waals surface area contributed by atoms with Crippen LogP contribution in [0.5, 0.6) is 5.75 Å². The number of aliphatic hydroxyl groups is 1. The van der Waals surface area contributed by atoms with Gasteiger partial charge in [0.05, 0.1) is 25.6 Å². The van der Waals surface area contributed by atoms with E-state index in [1.54, 1.807) is 25.6 Å². The average Bonchev–Trinajstić information content (AvgIpc) is 2.45. The minimum absolute atomic E-state index is 0.0134. The number of anilines is 1. The number of pyridine rings is 1. The van der Waals surface area contributed by atoms with Gasteiger partial charge in [-0.3, -0.25) is 4.98 Å². The number of nitrogens with zero attached hydrogens (tertiary/aromatic N) is 1. The second kappa shape index (κ2) is 6.54. The van der Waals surface area contributed by atoms with Crippen LogP contribution in [0.1, 0.15) is 11.1 Å². The predicted molar refractivity (Wildman–Crippen MR) is 78.2 cm³/mol. The lowest BCUT2D eigenvalue weighted by atomic mass is 10.2. The number of halogens is 1. The van der Waals surface area contributed by atoms with Gasteiger partial charge in [-0.25, -0.2) is 0 Å². The van der Waals surface area contributed by atoms with Gasteiger partial charge in [0.1, 0.15) is 5.75 Å². The molecule has 1 heterocycles. The Morgan fingerprint density at radius 3 is 2.89 bits per heavy atom. The van der Waals surface area contributed by atoms with E-state index in [9.17, 15) is 5.11 Å². The Bertz CT molecular complexity index is 561. The SMILES string of the molecule is COc1ccc(Br)cc1CNc1cnccc1CO. The molecule has 0 aliphatic rings. The van der Waals surface area contributed by atoms with Crippen molar-refractivity contribution in [1.29, 1.82) is 0 Å². The first-order valence-corrected chi connectivity index (χ1v) is 6.64. The third kappa shape index (κ3) is 3.45. The molecule has 2 rings (SSSR count). The van der Waals surface area contributed by atoms with Crippen LogP contribution in [0, 0.1) is 0 Å². The summed E-state index contributed by atoms with van der Waals surface area (Å²) in [6.45, 7) is 0.585. The Labute approximate surface area is 120 Å². The standard InChI is InChI=1S/C14H15BrN2O2/c1-19-14-3-2-12(15)6-11(14)7-17-13-8-16-5-4-10(13)9-18/h2-6,8,17-18H,7,9H2,1H3. The van der Waals surface area contributed by atoms with Gasteiger partial charge in [-0.15, -0.1) is 0 Å². The normalized spacial score (nSPS) is 10.3. The van der Waals surface area contributed by atoms with E-state index in [2.05, 4.69) is 26.2 Å². The number of nitrogens with one attached hydrogen (secondary N) is 1. The summed E-state index contributed by atoms with van der Waals surface area (Å²) < 4.78 is 6.32. The third-order valence-electron chi connectivity index (χ3n) is 2.79. The first kappa shape index (κ1) is 13.8.